The number of rotatable bonds is 3. The molecule has 2 atom stereocenters. The van der Waals surface area contributed by atoms with E-state index in [1.54, 1.807) is 0 Å². The number of thiocarbonyl (C=S) groups is 1. The van der Waals surface area contributed by atoms with Crippen LogP contribution in [0.25, 0.3) is 0 Å². The Morgan fingerprint density at radius 1 is 1.27 bits per heavy atom. The van der Waals surface area contributed by atoms with E-state index in [9.17, 15) is 0 Å². The van der Waals surface area contributed by atoms with E-state index in [-0.39, 0.29) is 0 Å². The number of nitrogens with zero attached hydrogens (tertiary/aromatic N) is 3. The highest BCUT2D eigenvalue weighted by Crippen LogP contribution is 2.27. The van der Waals surface area contributed by atoms with Gasteiger partial charge >= 0.3 is 0 Å². The summed E-state index contributed by atoms with van der Waals surface area (Å²) in [6.07, 6.45) is 3.61. The molecule has 2 fully saturated rings. The van der Waals surface area contributed by atoms with Crippen molar-refractivity contribution in [3.63, 3.8) is 0 Å². The molecule has 0 spiro atoms. The molecule has 1 aromatic heterocycles. The minimum Gasteiger partial charge on any atom is -0.360 e. The van der Waals surface area contributed by atoms with Gasteiger partial charge in [0, 0.05) is 25.2 Å². The maximum Gasteiger partial charge on any atom is 0.232 e. The highest BCUT2D eigenvalue weighted by Gasteiger charge is 2.24. The van der Waals surface area contributed by atoms with Crippen molar-refractivity contribution in [2.45, 2.75) is 39.2 Å². The van der Waals surface area contributed by atoms with Gasteiger partial charge in [-0.15, -0.1) is 0 Å². The molecule has 2 aliphatic rings. The first-order valence-electron chi connectivity index (χ1n) is 7.86. The number of nitrogens with one attached hydrogen (secondary N) is 2. The topological polar surface area (TPSA) is 53.1 Å². The summed E-state index contributed by atoms with van der Waals surface area (Å²) in [4.78, 5) is 11.1. The lowest BCUT2D eigenvalue weighted by Crippen LogP contribution is -2.39. The van der Waals surface area contributed by atoms with Crippen LogP contribution in [0, 0.1) is 11.8 Å². The second-order valence-electron chi connectivity index (χ2n) is 6.60. The van der Waals surface area contributed by atoms with Crippen LogP contribution < -0.4 is 15.5 Å². The van der Waals surface area contributed by atoms with Gasteiger partial charge < -0.3 is 15.5 Å². The molecule has 1 aliphatic heterocycles. The largest absolute Gasteiger partial charge is 0.360 e. The summed E-state index contributed by atoms with van der Waals surface area (Å²) in [7, 11) is 0. The van der Waals surface area contributed by atoms with E-state index in [0.29, 0.717) is 34.1 Å². The second kappa shape index (κ2) is 6.54. The lowest BCUT2D eigenvalue weighted by Gasteiger charge is -2.35. The van der Waals surface area contributed by atoms with Gasteiger partial charge in [0.2, 0.25) is 5.95 Å². The third-order valence-electron chi connectivity index (χ3n) is 4.01. The maximum absolute atomic E-state index is 6.16. The van der Waals surface area contributed by atoms with Gasteiger partial charge in [-0.3, -0.25) is 0 Å². The van der Waals surface area contributed by atoms with Gasteiger partial charge in [0.25, 0.3) is 0 Å². The third-order valence-corrected chi connectivity index (χ3v) is 4.43. The van der Waals surface area contributed by atoms with E-state index in [1.807, 2.05) is 6.07 Å². The van der Waals surface area contributed by atoms with Gasteiger partial charge in [-0.05, 0) is 43.3 Å². The van der Waals surface area contributed by atoms with E-state index in [2.05, 4.69) is 39.3 Å². The van der Waals surface area contributed by atoms with Crippen molar-refractivity contribution in [3.8, 4) is 0 Å². The number of piperidine rings is 1. The molecule has 5 nitrogen and oxygen atoms in total. The summed E-state index contributed by atoms with van der Waals surface area (Å²) >= 11 is 11.4. The summed E-state index contributed by atoms with van der Waals surface area (Å²) in [6, 6.07) is 2.33. The minimum absolute atomic E-state index is 0.438. The number of hydrogen-bond donors (Lipinski definition) is 2. The Balaban J connectivity index is 1.72. The Morgan fingerprint density at radius 3 is 2.59 bits per heavy atom. The zero-order valence-corrected chi connectivity index (χ0v) is 14.5. The van der Waals surface area contributed by atoms with Crippen molar-refractivity contribution in [3.05, 3.63) is 11.2 Å². The van der Waals surface area contributed by atoms with E-state index in [4.69, 9.17) is 23.8 Å². The summed E-state index contributed by atoms with van der Waals surface area (Å²) in [6.45, 7) is 6.56. The van der Waals surface area contributed by atoms with Crippen LogP contribution in [-0.2, 0) is 0 Å². The molecule has 0 amide bonds. The van der Waals surface area contributed by atoms with Crippen molar-refractivity contribution in [1.82, 2.24) is 15.3 Å². The molecule has 0 aromatic carbocycles. The smallest absolute Gasteiger partial charge is 0.232 e. The molecule has 120 valence electrons. The Morgan fingerprint density at radius 2 is 1.95 bits per heavy atom. The van der Waals surface area contributed by atoms with E-state index in [0.717, 1.165) is 18.9 Å². The zero-order chi connectivity index (χ0) is 15.7. The molecule has 2 unspecified atom stereocenters. The number of aromatic nitrogens is 2. The predicted octanol–water partition coefficient (Wildman–Crippen LogP) is 3.06. The first kappa shape index (κ1) is 15.7. The highest BCUT2D eigenvalue weighted by molar-refractivity contribution is 7.80. The van der Waals surface area contributed by atoms with Crippen LogP contribution in [0.15, 0.2) is 6.07 Å². The van der Waals surface area contributed by atoms with Crippen LogP contribution in [0.2, 0.25) is 5.15 Å². The van der Waals surface area contributed by atoms with Crippen LogP contribution in [0.3, 0.4) is 0 Å². The Hall–Kier alpha value is -1.14. The van der Waals surface area contributed by atoms with Crippen molar-refractivity contribution in [2.24, 2.45) is 11.8 Å². The normalized spacial score (nSPS) is 25.0. The van der Waals surface area contributed by atoms with Crippen molar-refractivity contribution in [1.29, 1.82) is 0 Å². The molecular weight excluding hydrogens is 318 g/mol. The molecule has 0 radical (unpaired) electrons. The van der Waals surface area contributed by atoms with Crippen LogP contribution in [0.1, 0.15) is 33.1 Å². The van der Waals surface area contributed by atoms with Gasteiger partial charge in [-0.2, -0.15) is 4.98 Å². The number of halogens is 1. The van der Waals surface area contributed by atoms with E-state index >= 15 is 0 Å². The minimum atomic E-state index is 0.438. The Labute approximate surface area is 141 Å². The van der Waals surface area contributed by atoms with Crippen molar-refractivity contribution >= 4 is 40.7 Å². The van der Waals surface area contributed by atoms with Crippen LogP contribution in [0.4, 0.5) is 11.8 Å². The van der Waals surface area contributed by atoms with Crippen LogP contribution >= 0.6 is 23.8 Å². The van der Waals surface area contributed by atoms with Gasteiger partial charge in [0.05, 0.1) is 0 Å². The number of anilines is 2. The van der Waals surface area contributed by atoms with E-state index in [1.165, 1.54) is 19.3 Å². The molecule has 1 aliphatic carbocycles. The quantitative estimate of drug-likeness (QED) is 0.652. The third kappa shape index (κ3) is 4.20. The van der Waals surface area contributed by atoms with Gasteiger partial charge in [0.1, 0.15) is 11.0 Å². The standard InChI is InChI=1S/C15H22ClN5S/c1-9-5-10(2)8-21(7-9)13-6-12(16)18-14(19-13)20-15(22)17-11-3-4-11/h6,9-11H,3-5,7-8H2,1-2H3,(H2,17,18,19,20,22). The molecule has 1 saturated carbocycles. The second-order valence-corrected chi connectivity index (χ2v) is 7.39. The fourth-order valence-electron chi connectivity index (χ4n) is 3.02. The molecule has 1 aromatic rings. The molecule has 0 bridgehead atoms. The highest BCUT2D eigenvalue weighted by atomic mass is 35.5. The first-order valence-corrected chi connectivity index (χ1v) is 8.65. The molecule has 22 heavy (non-hydrogen) atoms. The van der Waals surface area contributed by atoms with E-state index < -0.39 is 0 Å². The fourth-order valence-corrected chi connectivity index (χ4v) is 3.46. The molecule has 1 saturated heterocycles. The summed E-state index contributed by atoms with van der Waals surface area (Å²) in [5, 5.41) is 7.26. The SMILES string of the molecule is CC1CC(C)CN(c2cc(Cl)nc(NC(=S)NC3CC3)n2)C1. The van der Waals surface area contributed by atoms with Crippen LogP contribution in [-0.4, -0.2) is 34.2 Å². The first-order chi connectivity index (χ1) is 10.5. The molecule has 3 rings (SSSR count). The average Bonchev–Trinajstić information content (AvgIpc) is 3.20. The van der Waals surface area contributed by atoms with Crippen molar-refractivity contribution < 1.29 is 0 Å². The van der Waals surface area contributed by atoms with Gasteiger partial charge in [-0.1, -0.05) is 25.4 Å². The predicted molar refractivity (Wildman–Crippen MR) is 94.6 cm³/mol. The number of hydrogen-bond acceptors (Lipinski definition) is 4. The summed E-state index contributed by atoms with van der Waals surface area (Å²) < 4.78 is 0. The molecular formula is C15H22ClN5S. The van der Waals surface area contributed by atoms with Crippen LogP contribution in [0.5, 0.6) is 0 Å². The average molecular weight is 340 g/mol. The van der Waals surface area contributed by atoms with Gasteiger partial charge in [0.15, 0.2) is 5.11 Å². The van der Waals surface area contributed by atoms with Crippen molar-refractivity contribution in [2.75, 3.05) is 23.3 Å². The summed E-state index contributed by atoms with van der Waals surface area (Å²) in [5.74, 6) is 2.65. The lowest BCUT2D eigenvalue weighted by atomic mass is 9.92. The molecule has 2 N–H and O–H groups in total. The lowest BCUT2D eigenvalue weighted by molar-refractivity contribution is 0.355. The zero-order valence-electron chi connectivity index (χ0n) is 13.0. The molecule has 7 heteroatoms. The molecule has 2 heterocycles. The fraction of sp³-hybridized carbons (Fsp3) is 0.667. The Bertz CT molecular complexity index is 553. The Kier molecular flexibility index (Phi) is 4.68. The summed E-state index contributed by atoms with van der Waals surface area (Å²) in [5.41, 5.74) is 0. The monoisotopic (exact) mass is 339 g/mol. The maximum atomic E-state index is 6.16. The van der Waals surface area contributed by atoms with Gasteiger partial charge in [-0.25, -0.2) is 4.98 Å².